The summed E-state index contributed by atoms with van der Waals surface area (Å²) in [7, 11) is 0. The Hall–Kier alpha value is -3.02. The van der Waals surface area contributed by atoms with Crippen LogP contribution in [0.5, 0.6) is 0 Å². The van der Waals surface area contributed by atoms with Crippen molar-refractivity contribution in [2.24, 2.45) is 0 Å². The van der Waals surface area contributed by atoms with E-state index in [1.165, 1.54) is 12.1 Å². The van der Waals surface area contributed by atoms with Gasteiger partial charge >= 0.3 is 0 Å². The third-order valence-electron chi connectivity index (χ3n) is 5.72. The van der Waals surface area contributed by atoms with E-state index in [4.69, 9.17) is 4.98 Å². The molecule has 0 unspecified atom stereocenters. The lowest BCUT2D eigenvalue weighted by molar-refractivity contribution is -0.131. The molecular weight excluding hydrogens is 379 g/mol. The molecular formula is C24H27FN4O. The predicted molar refractivity (Wildman–Crippen MR) is 114 cm³/mol. The van der Waals surface area contributed by atoms with E-state index in [0.29, 0.717) is 18.3 Å². The Bertz CT molecular complexity index is 1000. The van der Waals surface area contributed by atoms with Crippen LogP contribution in [0.25, 0.3) is 5.82 Å². The van der Waals surface area contributed by atoms with Crippen molar-refractivity contribution in [2.45, 2.75) is 44.9 Å². The first kappa shape index (κ1) is 20.3. The molecule has 6 heteroatoms. The van der Waals surface area contributed by atoms with Crippen LogP contribution in [0.1, 0.15) is 55.6 Å². The highest BCUT2D eigenvalue weighted by atomic mass is 19.1. The Balaban J connectivity index is 1.40. The fraction of sp³-hybridized carbons (Fsp3) is 0.375. The van der Waals surface area contributed by atoms with Crippen LogP contribution in [-0.2, 0) is 11.2 Å². The van der Waals surface area contributed by atoms with Crippen molar-refractivity contribution < 1.29 is 9.18 Å². The maximum absolute atomic E-state index is 13.1. The van der Waals surface area contributed by atoms with Crippen molar-refractivity contribution in [3.8, 4) is 5.82 Å². The van der Waals surface area contributed by atoms with E-state index >= 15 is 0 Å². The first-order valence-electron chi connectivity index (χ1n) is 10.5. The zero-order valence-corrected chi connectivity index (χ0v) is 17.5. The molecule has 30 heavy (non-hydrogen) atoms. The molecule has 3 aromatic rings. The quantitative estimate of drug-likeness (QED) is 0.628. The number of hydrogen-bond acceptors (Lipinski definition) is 3. The third kappa shape index (κ3) is 4.42. The number of carbonyl (C=O) groups excluding carboxylic acids is 1. The summed E-state index contributed by atoms with van der Waals surface area (Å²) in [6, 6.07) is 12.3. The van der Waals surface area contributed by atoms with Crippen molar-refractivity contribution in [1.29, 1.82) is 0 Å². The Morgan fingerprint density at radius 3 is 2.57 bits per heavy atom. The van der Waals surface area contributed by atoms with Crippen molar-refractivity contribution >= 4 is 5.91 Å². The second kappa shape index (κ2) is 8.78. The van der Waals surface area contributed by atoms with Crippen LogP contribution in [0.4, 0.5) is 4.39 Å². The second-order valence-corrected chi connectivity index (χ2v) is 8.19. The molecule has 0 N–H and O–H groups in total. The fourth-order valence-corrected chi connectivity index (χ4v) is 4.05. The standard InChI is InChI=1S/C24H27FN4O/c1-17(2)24-26-12-15-29(24)22-5-3-4-21(27-22)19-10-13-28(14-11-19)23(30)16-18-6-8-20(25)9-7-18/h3-9,12,15,17,19H,10-11,13-14,16H2,1-2H3. The summed E-state index contributed by atoms with van der Waals surface area (Å²) in [5.41, 5.74) is 1.92. The van der Waals surface area contributed by atoms with E-state index in [2.05, 4.69) is 29.5 Å². The SMILES string of the molecule is CC(C)c1nccn1-c1cccc(C2CCN(C(=O)Cc3ccc(F)cc3)CC2)n1. The Labute approximate surface area is 176 Å². The van der Waals surface area contributed by atoms with Crippen molar-refractivity contribution in [3.63, 3.8) is 0 Å². The summed E-state index contributed by atoms with van der Waals surface area (Å²) >= 11 is 0. The molecule has 3 heterocycles. The molecule has 1 saturated heterocycles. The Morgan fingerprint density at radius 1 is 1.13 bits per heavy atom. The van der Waals surface area contributed by atoms with Gasteiger partial charge in [-0.1, -0.05) is 32.0 Å². The van der Waals surface area contributed by atoms with Gasteiger partial charge in [-0.3, -0.25) is 9.36 Å². The number of carbonyl (C=O) groups is 1. The zero-order chi connectivity index (χ0) is 21.1. The minimum atomic E-state index is -0.280. The molecule has 2 aromatic heterocycles. The molecule has 0 aliphatic carbocycles. The molecule has 0 radical (unpaired) electrons. The number of aromatic nitrogens is 3. The van der Waals surface area contributed by atoms with E-state index in [9.17, 15) is 9.18 Å². The third-order valence-corrected chi connectivity index (χ3v) is 5.72. The van der Waals surface area contributed by atoms with Crippen LogP contribution in [0, 0.1) is 5.82 Å². The number of rotatable bonds is 5. The maximum atomic E-state index is 13.1. The second-order valence-electron chi connectivity index (χ2n) is 8.19. The smallest absolute Gasteiger partial charge is 0.226 e. The minimum absolute atomic E-state index is 0.0989. The number of halogens is 1. The first-order valence-corrected chi connectivity index (χ1v) is 10.5. The molecule has 0 spiro atoms. The van der Waals surface area contributed by atoms with Crippen LogP contribution in [-0.4, -0.2) is 38.4 Å². The number of benzene rings is 1. The Morgan fingerprint density at radius 2 is 1.87 bits per heavy atom. The van der Waals surface area contributed by atoms with E-state index in [1.54, 1.807) is 12.1 Å². The molecule has 0 bridgehead atoms. The molecule has 5 nitrogen and oxygen atoms in total. The number of piperidine rings is 1. The number of amides is 1. The monoisotopic (exact) mass is 406 g/mol. The van der Waals surface area contributed by atoms with Gasteiger partial charge in [0.05, 0.1) is 6.42 Å². The molecule has 0 atom stereocenters. The van der Waals surface area contributed by atoms with Gasteiger partial charge in [-0.15, -0.1) is 0 Å². The predicted octanol–water partition coefficient (Wildman–Crippen LogP) is 4.48. The van der Waals surface area contributed by atoms with Gasteiger partial charge in [0.15, 0.2) is 0 Å². The molecule has 1 aliphatic rings. The topological polar surface area (TPSA) is 51.0 Å². The molecule has 1 aromatic carbocycles. The van der Waals surface area contributed by atoms with E-state index in [-0.39, 0.29) is 11.7 Å². The van der Waals surface area contributed by atoms with Crippen molar-refractivity contribution in [1.82, 2.24) is 19.4 Å². The summed E-state index contributed by atoms with van der Waals surface area (Å²) in [4.78, 5) is 23.9. The summed E-state index contributed by atoms with van der Waals surface area (Å²) in [5, 5.41) is 0. The van der Waals surface area contributed by atoms with Gasteiger partial charge in [0, 0.05) is 43.0 Å². The molecule has 1 fully saturated rings. The first-order chi connectivity index (χ1) is 14.5. The van der Waals surface area contributed by atoms with Crippen LogP contribution in [0.2, 0.25) is 0 Å². The van der Waals surface area contributed by atoms with Crippen molar-refractivity contribution in [2.75, 3.05) is 13.1 Å². The average Bonchev–Trinajstić information content (AvgIpc) is 3.26. The van der Waals surface area contributed by atoms with Gasteiger partial charge in [-0.25, -0.2) is 14.4 Å². The molecule has 156 valence electrons. The normalized spacial score (nSPS) is 15.0. The van der Waals surface area contributed by atoms with Gasteiger partial charge in [-0.2, -0.15) is 0 Å². The number of pyridine rings is 1. The highest BCUT2D eigenvalue weighted by Gasteiger charge is 2.25. The van der Waals surface area contributed by atoms with Gasteiger partial charge in [0.25, 0.3) is 0 Å². The van der Waals surface area contributed by atoms with Gasteiger partial charge in [0.2, 0.25) is 5.91 Å². The molecule has 1 amide bonds. The van der Waals surface area contributed by atoms with E-state index in [1.807, 2.05) is 29.4 Å². The number of imidazole rings is 1. The summed E-state index contributed by atoms with van der Waals surface area (Å²) in [6.45, 7) is 5.70. The summed E-state index contributed by atoms with van der Waals surface area (Å²) < 4.78 is 15.1. The lowest BCUT2D eigenvalue weighted by Crippen LogP contribution is -2.39. The number of likely N-dealkylation sites (tertiary alicyclic amines) is 1. The number of nitrogens with zero attached hydrogens (tertiary/aromatic N) is 4. The highest BCUT2D eigenvalue weighted by molar-refractivity contribution is 5.78. The van der Waals surface area contributed by atoms with Crippen molar-refractivity contribution in [3.05, 3.63) is 77.8 Å². The van der Waals surface area contributed by atoms with Crippen LogP contribution < -0.4 is 0 Å². The largest absolute Gasteiger partial charge is 0.342 e. The number of hydrogen-bond donors (Lipinski definition) is 0. The minimum Gasteiger partial charge on any atom is -0.342 e. The highest BCUT2D eigenvalue weighted by Crippen LogP contribution is 2.28. The van der Waals surface area contributed by atoms with Gasteiger partial charge < -0.3 is 4.90 Å². The van der Waals surface area contributed by atoms with Crippen LogP contribution >= 0.6 is 0 Å². The van der Waals surface area contributed by atoms with Crippen LogP contribution in [0.15, 0.2) is 54.9 Å². The fourth-order valence-electron chi connectivity index (χ4n) is 4.05. The lowest BCUT2D eigenvalue weighted by atomic mass is 9.92. The van der Waals surface area contributed by atoms with E-state index in [0.717, 1.165) is 48.8 Å². The van der Waals surface area contributed by atoms with Gasteiger partial charge in [-0.05, 0) is 42.7 Å². The Kier molecular flexibility index (Phi) is 5.93. The van der Waals surface area contributed by atoms with Gasteiger partial charge in [0.1, 0.15) is 17.5 Å². The maximum Gasteiger partial charge on any atom is 0.226 e. The molecule has 0 saturated carbocycles. The molecule has 4 rings (SSSR count). The summed E-state index contributed by atoms with van der Waals surface area (Å²) in [5.74, 6) is 2.37. The average molecular weight is 407 g/mol. The lowest BCUT2D eigenvalue weighted by Gasteiger charge is -2.32. The van der Waals surface area contributed by atoms with Crippen LogP contribution in [0.3, 0.4) is 0 Å². The van der Waals surface area contributed by atoms with E-state index < -0.39 is 0 Å². The molecule has 1 aliphatic heterocycles. The zero-order valence-electron chi connectivity index (χ0n) is 17.5. The summed E-state index contributed by atoms with van der Waals surface area (Å²) in [6.07, 6.45) is 5.88.